The van der Waals surface area contributed by atoms with Crippen LogP contribution < -0.4 is 16.9 Å². The number of rotatable bonds is 2. The van der Waals surface area contributed by atoms with Crippen molar-refractivity contribution in [1.29, 1.82) is 0 Å². The van der Waals surface area contributed by atoms with Crippen LogP contribution in [0.5, 0.6) is 0 Å². The van der Waals surface area contributed by atoms with Crippen LogP contribution >= 0.6 is 0 Å². The van der Waals surface area contributed by atoms with Gasteiger partial charge in [-0.3, -0.25) is 0 Å². The minimum Gasteiger partial charge on any atom is -0.475 e. The summed E-state index contributed by atoms with van der Waals surface area (Å²) < 4.78 is 43.7. The first-order chi connectivity index (χ1) is 11.7. The number of alkyl halides is 3. The van der Waals surface area contributed by atoms with Crippen molar-refractivity contribution in [2.75, 3.05) is 0 Å². The molecule has 0 radical (unpaired) electrons. The summed E-state index contributed by atoms with van der Waals surface area (Å²) in [4.78, 5) is 12.9. The Morgan fingerprint density at radius 2 is 1.46 bits per heavy atom. The molecule has 2 rings (SSSR count). The molecule has 0 unspecified atom stereocenters. The molecule has 1 aliphatic heterocycles. The molecule has 0 spiro atoms. The highest BCUT2D eigenvalue weighted by Gasteiger charge is 2.51. The first-order valence-corrected chi connectivity index (χ1v) is 7.51. The molecule has 26 heavy (non-hydrogen) atoms. The first kappa shape index (κ1) is 21.8. The minimum atomic E-state index is -5.08. The third kappa shape index (κ3) is 5.63. The molecular formula is C15H21BF3N3O4. The number of benzene rings is 1. The molecule has 7 nitrogen and oxygen atoms in total. The molecule has 0 amide bonds. The van der Waals surface area contributed by atoms with Crippen LogP contribution in [-0.4, -0.2) is 41.5 Å². The Kier molecular flexibility index (Phi) is 6.32. The fourth-order valence-corrected chi connectivity index (χ4v) is 1.83. The van der Waals surface area contributed by atoms with Gasteiger partial charge in [0.05, 0.1) is 16.9 Å². The quantitative estimate of drug-likeness (QED) is 0.410. The predicted octanol–water partition coefficient (Wildman–Crippen LogP) is 1.52. The second kappa shape index (κ2) is 7.54. The van der Waals surface area contributed by atoms with E-state index in [2.05, 4.69) is 4.99 Å². The molecule has 1 saturated heterocycles. The highest BCUT2D eigenvalue weighted by molar-refractivity contribution is 6.62. The number of hydrogen-bond donors (Lipinski definition) is 3. The van der Waals surface area contributed by atoms with Gasteiger partial charge in [-0.1, -0.05) is 12.1 Å². The molecule has 1 aromatic rings. The van der Waals surface area contributed by atoms with Gasteiger partial charge in [-0.15, -0.1) is 0 Å². The number of guanidine groups is 1. The fourth-order valence-electron chi connectivity index (χ4n) is 1.83. The van der Waals surface area contributed by atoms with Crippen LogP contribution in [0.15, 0.2) is 29.3 Å². The van der Waals surface area contributed by atoms with E-state index in [1.54, 1.807) is 0 Å². The lowest BCUT2D eigenvalue weighted by atomic mass is 9.79. The van der Waals surface area contributed by atoms with Gasteiger partial charge in [0, 0.05) is 0 Å². The number of carboxylic acids is 1. The van der Waals surface area contributed by atoms with Gasteiger partial charge in [0.15, 0.2) is 5.96 Å². The molecular weight excluding hydrogens is 354 g/mol. The van der Waals surface area contributed by atoms with E-state index < -0.39 is 12.1 Å². The van der Waals surface area contributed by atoms with Crippen molar-refractivity contribution >= 4 is 30.2 Å². The van der Waals surface area contributed by atoms with Gasteiger partial charge in [-0.05, 0) is 45.3 Å². The maximum atomic E-state index is 10.6. The number of carbonyl (C=O) groups is 1. The summed E-state index contributed by atoms with van der Waals surface area (Å²) in [6.45, 7) is 8.11. The number of aliphatic carboxylic acids is 1. The number of hydrogen-bond acceptors (Lipinski definition) is 4. The molecule has 0 atom stereocenters. The van der Waals surface area contributed by atoms with E-state index in [4.69, 9.17) is 30.7 Å². The summed E-state index contributed by atoms with van der Waals surface area (Å²) in [6.07, 6.45) is -5.08. The van der Waals surface area contributed by atoms with Crippen LogP contribution in [0.3, 0.4) is 0 Å². The highest BCUT2D eigenvalue weighted by Crippen LogP contribution is 2.36. The SMILES string of the molecule is CC1(C)OB(c2ccc(N=C(N)N)cc2)OC1(C)C.O=C(O)C(F)(F)F. The molecule has 1 aliphatic rings. The van der Waals surface area contributed by atoms with Crippen molar-refractivity contribution in [2.24, 2.45) is 16.5 Å². The third-order valence-electron chi connectivity index (χ3n) is 3.92. The van der Waals surface area contributed by atoms with Crippen LogP contribution in [0.25, 0.3) is 0 Å². The summed E-state index contributed by atoms with van der Waals surface area (Å²) in [5, 5.41) is 7.12. The Hall–Kier alpha value is -2.27. The average molecular weight is 375 g/mol. The summed E-state index contributed by atoms with van der Waals surface area (Å²) in [6, 6.07) is 7.48. The van der Waals surface area contributed by atoms with Gasteiger partial charge in [0.2, 0.25) is 0 Å². The van der Waals surface area contributed by atoms with Crippen LogP contribution in [0.4, 0.5) is 18.9 Å². The van der Waals surface area contributed by atoms with Crippen LogP contribution in [0, 0.1) is 0 Å². The van der Waals surface area contributed by atoms with E-state index in [1.165, 1.54) is 0 Å². The maximum absolute atomic E-state index is 10.6. The van der Waals surface area contributed by atoms with Gasteiger partial charge in [0.25, 0.3) is 0 Å². The molecule has 0 saturated carbocycles. The molecule has 0 bridgehead atoms. The lowest BCUT2D eigenvalue weighted by Crippen LogP contribution is -2.41. The second-order valence-corrected chi connectivity index (χ2v) is 6.52. The first-order valence-electron chi connectivity index (χ1n) is 7.51. The molecule has 144 valence electrons. The van der Waals surface area contributed by atoms with Gasteiger partial charge in [-0.2, -0.15) is 13.2 Å². The normalized spacial score (nSPS) is 17.9. The molecule has 1 aromatic carbocycles. The largest absolute Gasteiger partial charge is 0.494 e. The molecule has 1 fully saturated rings. The third-order valence-corrected chi connectivity index (χ3v) is 3.92. The Labute approximate surface area is 149 Å². The van der Waals surface area contributed by atoms with Gasteiger partial charge in [0.1, 0.15) is 0 Å². The highest BCUT2D eigenvalue weighted by atomic mass is 19.4. The molecule has 5 N–H and O–H groups in total. The molecule has 0 aromatic heterocycles. The molecule has 0 aliphatic carbocycles. The zero-order chi connectivity index (χ0) is 20.3. The maximum Gasteiger partial charge on any atom is 0.494 e. The second-order valence-electron chi connectivity index (χ2n) is 6.52. The summed E-state index contributed by atoms with van der Waals surface area (Å²) in [5.74, 6) is -2.71. The Balaban J connectivity index is 0.000000412. The number of halogens is 3. The summed E-state index contributed by atoms with van der Waals surface area (Å²) >= 11 is 0. The Bertz CT molecular complexity index is 656. The topological polar surface area (TPSA) is 120 Å². The van der Waals surface area contributed by atoms with Gasteiger partial charge < -0.3 is 25.9 Å². The monoisotopic (exact) mass is 375 g/mol. The van der Waals surface area contributed by atoms with E-state index in [0.29, 0.717) is 5.69 Å². The van der Waals surface area contributed by atoms with E-state index in [1.807, 2.05) is 52.0 Å². The van der Waals surface area contributed by atoms with Crippen molar-refractivity contribution in [1.82, 2.24) is 0 Å². The Morgan fingerprint density at radius 3 is 1.77 bits per heavy atom. The van der Waals surface area contributed by atoms with Crippen molar-refractivity contribution in [2.45, 2.75) is 45.1 Å². The zero-order valence-electron chi connectivity index (χ0n) is 14.8. The van der Waals surface area contributed by atoms with Crippen LogP contribution in [-0.2, 0) is 14.1 Å². The lowest BCUT2D eigenvalue weighted by molar-refractivity contribution is -0.192. The van der Waals surface area contributed by atoms with Gasteiger partial charge >= 0.3 is 19.3 Å². The van der Waals surface area contributed by atoms with Crippen molar-refractivity contribution < 1.29 is 32.4 Å². The number of aliphatic imine (C=N–C) groups is 1. The Morgan fingerprint density at radius 1 is 1.08 bits per heavy atom. The van der Waals surface area contributed by atoms with E-state index in [-0.39, 0.29) is 24.3 Å². The van der Waals surface area contributed by atoms with Crippen molar-refractivity contribution in [3.05, 3.63) is 24.3 Å². The minimum absolute atomic E-state index is 0.0448. The number of carboxylic acid groups (broad SMARTS) is 1. The lowest BCUT2D eigenvalue weighted by Gasteiger charge is -2.32. The number of nitrogens with two attached hydrogens (primary N) is 2. The molecule has 11 heteroatoms. The zero-order valence-corrected chi connectivity index (χ0v) is 14.8. The van der Waals surface area contributed by atoms with Crippen molar-refractivity contribution in [3.63, 3.8) is 0 Å². The van der Waals surface area contributed by atoms with E-state index in [9.17, 15) is 13.2 Å². The molecule has 1 heterocycles. The van der Waals surface area contributed by atoms with Crippen LogP contribution in [0.1, 0.15) is 27.7 Å². The number of nitrogens with zero attached hydrogens (tertiary/aromatic N) is 1. The van der Waals surface area contributed by atoms with Crippen LogP contribution in [0.2, 0.25) is 0 Å². The van der Waals surface area contributed by atoms with Gasteiger partial charge in [-0.25, -0.2) is 9.79 Å². The van der Waals surface area contributed by atoms with E-state index in [0.717, 1.165) is 5.46 Å². The van der Waals surface area contributed by atoms with E-state index >= 15 is 0 Å². The predicted molar refractivity (Wildman–Crippen MR) is 91.3 cm³/mol. The average Bonchev–Trinajstić information content (AvgIpc) is 2.67. The smallest absolute Gasteiger partial charge is 0.475 e. The summed E-state index contributed by atoms with van der Waals surface area (Å²) in [5.41, 5.74) is 11.7. The summed E-state index contributed by atoms with van der Waals surface area (Å²) in [7, 11) is -0.363. The standard InChI is InChI=1S/C13H20BN3O2.C2HF3O2/c1-12(2)13(3,4)19-14(18-12)9-5-7-10(8-6-9)17-11(15)16;3-2(4,5)1(6)7/h5-8H,1-4H3,(H4,15,16,17);(H,6,7). The fraction of sp³-hybridized carbons (Fsp3) is 0.467. The van der Waals surface area contributed by atoms with Crippen molar-refractivity contribution in [3.8, 4) is 0 Å².